The lowest BCUT2D eigenvalue weighted by atomic mass is 9.65. The molecule has 1 atom stereocenters. The van der Waals surface area contributed by atoms with Crippen LogP contribution < -0.4 is 4.74 Å². The second kappa shape index (κ2) is 6.77. The van der Waals surface area contributed by atoms with Crippen LogP contribution in [-0.2, 0) is 20.3 Å². The maximum Gasteiger partial charge on any atom is 0.466 e. The molecule has 1 aromatic carbocycles. The quantitative estimate of drug-likeness (QED) is 0.792. The molecule has 144 valence electrons. The molecule has 0 bridgehead atoms. The van der Waals surface area contributed by atoms with E-state index in [1.807, 2.05) is 0 Å². The number of hydrogen-bond donors (Lipinski definition) is 1. The van der Waals surface area contributed by atoms with Gasteiger partial charge >= 0.3 is 19.3 Å². The van der Waals surface area contributed by atoms with E-state index in [1.54, 1.807) is 27.7 Å². The summed E-state index contributed by atoms with van der Waals surface area (Å²) in [5.74, 6) is -2.34. The summed E-state index contributed by atoms with van der Waals surface area (Å²) < 4.78 is 57.2. The van der Waals surface area contributed by atoms with Crippen molar-refractivity contribution in [2.75, 3.05) is 7.11 Å². The molecule has 9 heteroatoms. The lowest BCUT2D eigenvalue weighted by Gasteiger charge is -2.32. The molecular formula is C17H22BF3O5. The summed E-state index contributed by atoms with van der Waals surface area (Å²) in [4.78, 5) is 11.3. The Balaban J connectivity index is 2.54. The predicted molar refractivity (Wildman–Crippen MR) is 89.1 cm³/mol. The van der Waals surface area contributed by atoms with Gasteiger partial charge in [-0.25, -0.2) is 0 Å². The normalized spacial score (nSPS) is 20.1. The summed E-state index contributed by atoms with van der Waals surface area (Å²) in [5, 5.41) is 9.24. The Kier molecular flexibility index (Phi) is 5.36. The number of aliphatic carboxylic acids is 1. The van der Waals surface area contributed by atoms with E-state index in [1.165, 1.54) is 19.2 Å². The highest BCUT2D eigenvalue weighted by Gasteiger charge is 2.55. The molecule has 0 aromatic heterocycles. The van der Waals surface area contributed by atoms with Gasteiger partial charge in [-0.15, -0.1) is 0 Å². The summed E-state index contributed by atoms with van der Waals surface area (Å²) >= 11 is 0. The third kappa shape index (κ3) is 3.98. The van der Waals surface area contributed by atoms with Gasteiger partial charge in [-0.2, -0.15) is 13.2 Å². The van der Waals surface area contributed by atoms with Gasteiger partial charge in [0.2, 0.25) is 0 Å². The van der Waals surface area contributed by atoms with Crippen LogP contribution in [0.3, 0.4) is 0 Å². The third-order valence-electron chi connectivity index (χ3n) is 4.96. The molecule has 0 saturated carbocycles. The second-order valence-electron chi connectivity index (χ2n) is 7.28. The smallest absolute Gasteiger partial charge is 0.466 e. The summed E-state index contributed by atoms with van der Waals surface area (Å²) in [6, 6.07) is 3.44. The van der Waals surface area contributed by atoms with Crippen LogP contribution in [0, 0.1) is 0 Å². The SMILES string of the molecule is COc1ccc(C(CC(=O)O)B2OC(C)(C)C(C)(C)O2)c(C(F)(F)F)c1. The minimum absolute atomic E-state index is 0.0315. The molecule has 0 aliphatic carbocycles. The third-order valence-corrected chi connectivity index (χ3v) is 4.96. The van der Waals surface area contributed by atoms with E-state index in [0.717, 1.165) is 6.07 Å². The number of halogens is 3. The van der Waals surface area contributed by atoms with E-state index in [0.29, 0.717) is 0 Å². The van der Waals surface area contributed by atoms with Crippen molar-refractivity contribution in [1.82, 2.24) is 0 Å². The molecular weight excluding hydrogens is 352 g/mol. The number of methoxy groups -OCH3 is 1. The molecule has 1 unspecified atom stereocenters. The van der Waals surface area contributed by atoms with Crippen molar-refractivity contribution in [2.45, 2.75) is 57.3 Å². The first-order chi connectivity index (χ1) is 11.8. The van der Waals surface area contributed by atoms with Crippen LogP contribution in [0.15, 0.2) is 18.2 Å². The number of hydrogen-bond acceptors (Lipinski definition) is 4. The Morgan fingerprint density at radius 1 is 1.23 bits per heavy atom. The molecule has 1 aromatic rings. The Bertz CT molecular complexity index is 671. The fraction of sp³-hybridized carbons (Fsp3) is 0.588. The molecule has 2 rings (SSSR count). The average Bonchev–Trinajstić information content (AvgIpc) is 2.71. The van der Waals surface area contributed by atoms with Crippen molar-refractivity contribution < 1.29 is 37.1 Å². The largest absolute Gasteiger partial charge is 0.497 e. The molecule has 0 amide bonds. The van der Waals surface area contributed by atoms with Crippen LogP contribution in [0.1, 0.15) is 51.1 Å². The van der Waals surface area contributed by atoms with Gasteiger partial charge in [0, 0.05) is 5.82 Å². The summed E-state index contributed by atoms with van der Waals surface area (Å²) in [7, 11) is 0.142. The Labute approximate surface area is 150 Å². The molecule has 0 spiro atoms. The first-order valence-corrected chi connectivity index (χ1v) is 8.11. The van der Waals surface area contributed by atoms with Crippen LogP contribution >= 0.6 is 0 Å². The van der Waals surface area contributed by atoms with Gasteiger partial charge in [0.05, 0.1) is 30.3 Å². The monoisotopic (exact) mass is 374 g/mol. The maximum atomic E-state index is 13.6. The molecule has 1 saturated heterocycles. The summed E-state index contributed by atoms with van der Waals surface area (Å²) in [6.45, 7) is 7.01. The van der Waals surface area contributed by atoms with Crippen LogP contribution in [0.5, 0.6) is 5.75 Å². The zero-order valence-corrected chi connectivity index (χ0v) is 15.3. The Morgan fingerprint density at radius 2 is 1.77 bits per heavy atom. The van der Waals surface area contributed by atoms with Gasteiger partial charge < -0.3 is 19.2 Å². The summed E-state index contributed by atoms with van der Waals surface area (Å²) in [5.41, 5.74) is -2.74. The van der Waals surface area contributed by atoms with Gasteiger partial charge in [0.15, 0.2) is 0 Å². The zero-order valence-electron chi connectivity index (χ0n) is 15.3. The zero-order chi connectivity index (χ0) is 19.9. The fourth-order valence-electron chi connectivity index (χ4n) is 2.83. The average molecular weight is 374 g/mol. The van der Waals surface area contributed by atoms with Crippen LogP contribution in [0.2, 0.25) is 0 Å². The minimum atomic E-state index is -4.68. The van der Waals surface area contributed by atoms with Gasteiger partial charge in [-0.05, 0) is 45.4 Å². The van der Waals surface area contributed by atoms with E-state index in [-0.39, 0.29) is 11.3 Å². The van der Waals surface area contributed by atoms with Crippen molar-refractivity contribution in [1.29, 1.82) is 0 Å². The lowest BCUT2D eigenvalue weighted by Crippen LogP contribution is -2.41. The molecule has 1 aliphatic rings. The van der Waals surface area contributed by atoms with E-state index >= 15 is 0 Å². The molecule has 1 fully saturated rings. The van der Waals surface area contributed by atoms with Gasteiger partial charge in [0.1, 0.15) is 5.75 Å². The van der Waals surface area contributed by atoms with Crippen molar-refractivity contribution in [3.8, 4) is 5.75 Å². The fourth-order valence-corrected chi connectivity index (χ4v) is 2.83. The van der Waals surface area contributed by atoms with Crippen LogP contribution in [0.4, 0.5) is 13.2 Å². The maximum absolute atomic E-state index is 13.6. The molecule has 5 nitrogen and oxygen atoms in total. The van der Waals surface area contributed by atoms with Gasteiger partial charge in [0.25, 0.3) is 0 Å². The molecule has 0 radical (unpaired) electrons. The molecule has 1 N–H and O–H groups in total. The first kappa shape index (κ1) is 20.6. The molecule has 1 heterocycles. The second-order valence-corrected chi connectivity index (χ2v) is 7.28. The van der Waals surface area contributed by atoms with E-state index in [2.05, 4.69) is 0 Å². The van der Waals surface area contributed by atoms with Crippen LogP contribution in [0.25, 0.3) is 0 Å². The topological polar surface area (TPSA) is 65.0 Å². The summed E-state index contributed by atoms with van der Waals surface area (Å²) in [6.07, 6.45) is -5.24. The standard InChI is InChI=1S/C17H22BF3O5/c1-15(2)16(3,4)26-18(25-15)13(9-14(22)23)11-7-6-10(24-5)8-12(11)17(19,20)21/h6-8,13H,9H2,1-5H3,(H,22,23). The van der Waals surface area contributed by atoms with Gasteiger partial charge in [-0.1, -0.05) is 6.07 Å². The van der Waals surface area contributed by atoms with Crippen molar-refractivity contribution >= 4 is 13.1 Å². The van der Waals surface area contributed by atoms with E-state index in [9.17, 15) is 23.1 Å². The van der Waals surface area contributed by atoms with Gasteiger partial charge in [-0.3, -0.25) is 4.79 Å². The van der Waals surface area contributed by atoms with Crippen LogP contribution in [-0.4, -0.2) is 36.5 Å². The van der Waals surface area contributed by atoms with Crippen molar-refractivity contribution in [3.63, 3.8) is 0 Å². The minimum Gasteiger partial charge on any atom is -0.497 e. The lowest BCUT2D eigenvalue weighted by molar-refractivity contribution is -0.140. The predicted octanol–water partition coefficient (Wildman–Crippen LogP) is 3.90. The number of carboxylic acids is 1. The number of alkyl halides is 3. The highest BCUT2D eigenvalue weighted by Crippen LogP contribution is 2.45. The number of benzene rings is 1. The Morgan fingerprint density at radius 3 is 2.19 bits per heavy atom. The molecule has 26 heavy (non-hydrogen) atoms. The number of rotatable bonds is 5. The van der Waals surface area contributed by atoms with E-state index in [4.69, 9.17) is 14.0 Å². The van der Waals surface area contributed by atoms with Crippen molar-refractivity contribution in [2.24, 2.45) is 0 Å². The number of carbonyl (C=O) groups is 1. The Hall–Kier alpha value is -1.74. The van der Waals surface area contributed by atoms with Crippen molar-refractivity contribution in [3.05, 3.63) is 29.3 Å². The highest BCUT2D eigenvalue weighted by molar-refractivity contribution is 6.48. The molecule has 1 aliphatic heterocycles. The first-order valence-electron chi connectivity index (χ1n) is 8.11. The highest BCUT2D eigenvalue weighted by atomic mass is 19.4. The number of carboxylic acid groups (broad SMARTS) is 1. The number of ether oxygens (including phenoxy) is 1. The van der Waals surface area contributed by atoms with E-state index < -0.39 is 48.3 Å².